The molecule has 6 heteroatoms. The highest BCUT2D eigenvalue weighted by molar-refractivity contribution is 5.97. The summed E-state index contributed by atoms with van der Waals surface area (Å²) >= 11 is 0. The number of nitrogens with zero attached hydrogens (tertiary/aromatic N) is 1. The topological polar surface area (TPSA) is 52.6 Å². The maximum Gasteiger partial charge on any atom is 0.258 e. The van der Waals surface area contributed by atoms with Crippen molar-refractivity contribution in [3.63, 3.8) is 0 Å². The summed E-state index contributed by atoms with van der Waals surface area (Å²) in [7, 11) is 3.81. The lowest BCUT2D eigenvalue weighted by atomic mass is 10.1. The molecule has 0 bridgehead atoms. The molecule has 0 fully saturated rings. The second-order valence-corrected chi connectivity index (χ2v) is 4.75. The molecule has 0 aromatic heterocycles. The summed E-state index contributed by atoms with van der Waals surface area (Å²) in [6.45, 7) is 2.54. The van der Waals surface area contributed by atoms with Crippen LogP contribution in [-0.4, -0.2) is 42.6 Å². The van der Waals surface area contributed by atoms with Crippen molar-refractivity contribution >= 4 is 5.91 Å². The van der Waals surface area contributed by atoms with Gasteiger partial charge in [0.2, 0.25) is 0 Å². The minimum atomic E-state index is -1.07. The van der Waals surface area contributed by atoms with Gasteiger partial charge in [0.25, 0.3) is 5.91 Å². The fraction of sp³-hybridized carbons (Fsp3) is 0.462. The number of carbonyl (C=O) groups excluding carboxylic acids is 1. The van der Waals surface area contributed by atoms with Gasteiger partial charge >= 0.3 is 0 Å². The average molecular weight is 272 g/mol. The van der Waals surface area contributed by atoms with Gasteiger partial charge in [-0.05, 0) is 34.0 Å². The van der Waals surface area contributed by atoms with Crippen molar-refractivity contribution in [2.45, 2.75) is 19.4 Å². The molecular formula is C13H18F2N2O2. The van der Waals surface area contributed by atoms with Crippen molar-refractivity contribution in [3.05, 3.63) is 29.3 Å². The molecule has 0 unspecified atom stereocenters. The molecule has 4 nitrogen and oxygen atoms in total. The van der Waals surface area contributed by atoms with E-state index < -0.39 is 28.9 Å². The Morgan fingerprint density at radius 3 is 2.58 bits per heavy atom. The Kier molecular flexibility index (Phi) is 5.23. The largest absolute Gasteiger partial charge is 0.507 e. The molecule has 0 saturated carbocycles. The molecule has 1 rings (SSSR count). The van der Waals surface area contributed by atoms with Gasteiger partial charge in [-0.25, -0.2) is 8.78 Å². The summed E-state index contributed by atoms with van der Waals surface area (Å²) in [5.74, 6) is -3.45. The highest BCUT2D eigenvalue weighted by atomic mass is 19.1. The van der Waals surface area contributed by atoms with Gasteiger partial charge in [-0.3, -0.25) is 4.79 Å². The van der Waals surface area contributed by atoms with Crippen molar-refractivity contribution in [1.29, 1.82) is 0 Å². The van der Waals surface area contributed by atoms with Crippen LogP contribution in [0.3, 0.4) is 0 Å². The van der Waals surface area contributed by atoms with Crippen LogP contribution in [0.1, 0.15) is 23.7 Å². The van der Waals surface area contributed by atoms with Crippen LogP contribution in [0.2, 0.25) is 0 Å². The molecule has 106 valence electrons. The van der Waals surface area contributed by atoms with Gasteiger partial charge in [0.05, 0.1) is 0 Å². The molecule has 2 N–H and O–H groups in total. The van der Waals surface area contributed by atoms with Crippen LogP contribution in [-0.2, 0) is 0 Å². The molecule has 0 radical (unpaired) electrons. The number of nitrogens with one attached hydrogen (secondary N) is 1. The monoisotopic (exact) mass is 272 g/mol. The van der Waals surface area contributed by atoms with Crippen molar-refractivity contribution in [2.75, 3.05) is 20.6 Å². The predicted octanol–water partition coefficient (Wildman–Crippen LogP) is 1.74. The SMILES string of the molecule is C[C@@H](CCN(C)C)NC(=O)c1c(O)cc(F)cc1F. The van der Waals surface area contributed by atoms with E-state index in [1.807, 2.05) is 19.0 Å². The molecule has 1 amide bonds. The van der Waals surface area contributed by atoms with E-state index in [0.717, 1.165) is 6.54 Å². The first-order chi connectivity index (χ1) is 8.81. The number of amides is 1. The molecule has 0 spiro atoms. The van der Waals surface area contributed by atoms with Gasteiger partial charge < -0.3 is 15.3 Å². The van der Waals surface area contributed by atoms with E-state index in [9.17, 15) is 18.7 Å². The van der Waals surface area contributed by atoms with Crippen molar-refractivity contribution in [3.8, 4) is 5.75 Å². The smallest absolute Gasteiger partial charge is 0.258 e. The van der Waals surface area contributed by atoms with Gasteiger partial charge in [0.1, 0.15) is 22.9 Å². The third-order valence-corrected chi connectivity index (χ3v) is 2.65. The van der Waals surface area contributed by atoms with E-state index in [0.29, 0.717) is 18.6 Å². The summed E-state index contributed by atoms with van der Waals surface area (Å²) in [5.41, 5.74) is -0.530. The quantitative estimate of drug-likeness (QED) is 0.858. The predicted molar refractivity (Wildman–Crippen MR) is 68.1 cm³/mol. The van der Waals surface area contributed by atoms with Gasteiger partial charge in [-0.15, -0.1) is 0 Å². The Labute approximate surface area is 111 Å². The summed E-state index contributed by atoms with van der Waals surface area (Å²) in [5, 5.41) is 12.0. The number of phenolic OH excluding ortho intramolecular Hbond substituents is 1. The third kappa shape index (κ3) is 4.48. The van der Waals surface area contributed by atoms with Crippen molar-refractivity contribution in [1.82, 2.24) is 10.2 Å². The number of benzene rings is 1. The molecule has 1 aromatic rings. The standard InChI is InChI=1S/C13H18F2N2O2/c1-8(4-5-17(2)3)16-13(19)12-10(15)6-9(14)7-11(12)18/h6-8,18H,4-5H2,1-3H3,(H,16,19)/t8-/m0/s1. The normalized spacial score (nSPS) is 12.5. The first-order valence-electron chi connectivity index (χ1n) is 5.95. The maximum absolute atomic E-state index is 13.5. The second-order valence-electron chi connectivity index (χ2n) is 4.75. The van der Waals surface area contributed by atoms with Crippen LogP contribution in [0.15, 0.2) is 12.1 Å². The highest BCUT2D eigenvalue weighted by Gasteiger charge is 2.19. The van der Waals surface area contributed by atoms with Crippen molar-refractivity contribution in [2.24, 2.45) is 0 Å². The Morgan fingerprint density at radius 1 is 1.42 bits per heavy atom. The van der Waals surface area contributed by atoms with Crippen LogP contribution >= 0.6 is 0 Å². The van der Waals surface area contributed by atoms with Crippen LogP contribution in [0.4, 0.5) is 8.78 Å². The minimum absolute atomic E-state index is 0.182. The Hall–Kier alpha value is -1.69. The summed E-state index contributed by atoms with van der Waals surface area (Å²) in [4.78, 5) is 13.8. The molecule has 0 heterocycles. The number of halogens is 2. The number of phenols is 1. The molecule has 1 atom stereocenters. The second kappa shape index (κ2) is 6.47. The number of carbonyl (C=O) groups is 1. The van der Waals surface area contributed by atoms with Crippen LogP contribution in [0.25, 0.3) is 0 Å². The van der Waals surface area contributed by atoms with E-state index in [4.69, 9.17) is 0 Å². The Balaban J connectivity index is 2.73. The summed E-state index contributed by atoms with van der Waals surface area (Å²) < 4.78 is 26.3. The van der Waals surface area contributed by atoms with Crippen LogP contribution in [0, 0.1) is 11.6 Å². The maximum atomic E-state index is 13.5. The highest BCUT2D eigenvalue weighted by Crippen LogP contribution is 2.22. The molecule has 19 heavy (non-hydrogen) atoms. The van der Waals surface area contributed by atoms with E-state index in [1.54, 1.807) is 6.92 Å². The van der Waals surface area contributed by atoms with E-state index >= 15 is 0 Å². The first kappa shape index (κ1) is 15.4. The number of aromatic hydroxyl groups is 1. The zero-order valence-electron chi connectivity index (χ0n) is 11.2. The lowest BCUT2D eigenvalue weighted by Crippen LogP contribution is -2.35. The zero-order valence-corrected chi connectivity index (χ0v) is 11.2. The summed E-state index contributed by atoms with van der Waals surface area (Å²) in [6.07, 6.45) is 0.683. The van der Waals surface area contributed by atoms with Crippen molar-refractivity contribution < 1.29 is 18.7 Å². The number of hydrogen-bond acceptors (Lipinski definition) is 3. The number of hydrogen-bond donors (Lipinski definition) is 2. The van der Waals surface area contributed by atoms with Crippen LogP contribution < -0.4 is 5.32 Å². The number of rotatable bonds is 5. The summed E-state index contributed by atoms with van der Waals surface area (Å²) in [6, 6.07) is 1.10. The molecule has 0 aliphatic carbocycles. The Morgan fingerprint density at radius 2 is 2.05 bits per heavy atom. The fourth-order valence-corrected chi connectivity index (χ4v) is 1.60. The Bertz CT molecular complexity index is 441. The third-order valence-electron chi connectivity index (χ3n) is 2.65. The van der Waals surface area contributed by atoms with E-state index in [-0.39, 0.29) is 6.04 Å². The van der Waals surface area contributed by atoms with Gasteiger partial charge in [0.15, 0.2) is 0 Å². The molecular weight excluding hydrogens is 254 g/mol. The fourth-order valence-electron chi connectivity index (χ4n) is 1.60. The molecule has 0 aliphatic heterocycles. The molecule has 1 aromatic carbocycles. The van der Waals surface area contributed by atoms with E-state index in [1.165, 1.54) is 0 Å². The van der Waals surface area contributed by atoms with Gasteiger partial charge in [0, 0.05) is 18.2 Å². The van der Waals surface area contributed by atoms with Gasteiger partial charge in [-0.1, -0.05) is 0 Å². The molecule has 0 aliphatic rings. The van der Waals surface area contributed by atoms with Gasteiger partial charge in [-0.2, -0.15) is 0 Å². The zero-order chi connectivity index (χ0) is 14.6. The minimum Gasteiger partial charge on any atom is -0.507 e. The van der Waals surface area contributed by atoms with E-state index in [2.05, 4.69) is 5.32 Å². The lowest BCUT2D eigenvalue weighted by molar-refractivity contribution is 0.0929. The first-order valence-corrected chi connectivity index (χ1v) is 5.95. The average Bonchev–Trinajstić information content (AvgIpc) is 2.24. The van der Waals surface area contributed by atoms with Crippen LogP contribution in [0.5, 0.6) is 5.75 Å². The molecule has 0 saturated heterocycles. The lowest BCUT2D eigenvalue weighted by Gasteiger charge is -2.17.